The number of ether oxygens (including phenoxy) is 1. The van der Waals surface area contributed by atoms with Crippen LogP contribution in [0.1, 0.15) is 25.8 Å². The fourth-order valence-corrected chi connectivity index (χ4v) is 4.15. The Kier molecular flexibility index (Phi) is 6.08. The van der Waals surface area contributed by atoms with Crippen molar-refractivity contribution >= 4 is 22.8 Å². The minimum absolute atomic E-state index is 0.0975. The molecule has 0 radical (unpaired) electrons. The van der Waals surface area contributed by atoms with Crippen molar-refractivity contribution in [1.29, 1.82) is 0 Å². The molecule has 0 bridgehead atoms. The number of hydrogen-bond acceptors (Lipinski definition) is 5. The second kappa shape index (κ2) is 8.93. The van der Waals surface area contributed by atoms with Gasteiger partial charge in [0.2, 0.25) is 5.91 Å². The van der Waals surface area contributed by atoms with E-state index in [0.29, 0.717) is 13.1 Å². The molecule has 3 heterocycles. The highest BCUT2D eigenvalue weighted by Gasteiger charge is 2.23. The number of nitrogens with zero attached hydrogens (tertiary/aromatic N) is 4. The molecule has 1 aliphatic rings. The number of fused-ring (bicyclic) bond motifs is 1. The van der Waals surface area contributed by atoms with Crippen LogP contribution in [0.5, 0.6) is 0 Å². The van der Waals surface area contributed by atoms with Crippen molar-refractivity contribution in [2.24, 2.45) is 7.05 Å². The lowest BCUT2D eigenvalue weighted by molar-refractivity contribution is -0.121. The number of anilines is 1. The molecule has 8 nitrogen and oxygen atoms in total. The topological polar surface area (TPSA) is 81.4 Å². The molecule has 2 aromatic heterocycles. The quantitative estimate of drug-likeness (QED) is 0.656. The van der Waals surface area contributed by atoms with E-state index in [2.05, 4.69) is 29.0 Å². The zero-order valence-corrected chi connectivity index (χ0v) is 18.2. The van der Waals surface area contributed by atoms with Crippen LogP contribution in [0.4, 0.5) is 5.82 Å². The number of nitrogens with one attached hydrogen (secondary N) is 1. The molecule has 1 fully saturated rings. The normalized spacial score (nSPS) is 19.0. The molecule has 31 heavy (non-hydrogen) atoms. The Morgan fingerprint density at radius 1 is 1.13 bits per heavy atom. The Morgan fingerprint density at radius 2 is 1.84 bits per heavy atom. The van der Waals surface area contributed by atoms with Gasteiger partial charge in [-0.1, -0.05) is 18.2 Å². The summed E-state index contributed by atoms with van der Waals surface area (Å²) in [6, 6.07) is 11.6. The summed E-state index contributed by atoms with van der Waals surface area (Å²) in [5.74, 6) is 0.826. The third-order valence-electron chi connectivity index (χ3n) is 5.66. The standard InChI is InChI=1S/C23H29N5O3/c1-16-14-27(15-17(2)31-16)21-9-8-18(12-24-21)13-25-22(29)10-11-28-20-7-5-4-6-19(20)26(3)23(28)30/h4-9,12,16-17H,10-11,13-15H2,1-3H3,(H,25,29). The van der Waals surface area contributed by atoms with Crippen LogP contribution in [0, 0.1) is 0 Å². The summed E-state index contributed by atoms with van der Waals surface area (Å²) in [6.45, 7) is 6.53. The van der Waals surface area contributed by atoms with E-state index >= 15 is 0 Å². The van der Waals surface area contributed by atoms with Gasteiger partial charge in [-0.3, -0.25) is 13.9 Å². The van der Waals surface area contributed by atoms with Crippen LogP contribution >= 0.6 is 0 Å². The number of aryl methyl sites for hydroxylation is 2. The number of benzene rings is 1. The lowest BCUT2D eigenvalue weighted by atomic mass is 10.2. The molecule has 1 saturated heterocycles. The SMILES string of the molecule is CC1CN(c2ccc(CNC(=O)CCn3c(=O)n(C)c4ccccc43)cn2)CC(C)O1. The predicted molar refractivity (Wildman–Crippen MR) is 120 cm³/mol. The summed E-state index contributed by atoms with van der Waals surface area (Å²) in [4.78, 5) is 31.6. The van der Waals surface area contributed by atoms with E-state index in [9.17, 15) is 9.59 Å². The Hall–Kier alpha value is -3.13. The molecule has 1 N–H and O–H groups in total. The molecule has 8 heteroatoms. The van der Waals surface area contributed by atoms with Crippen LogP contribution < -0.4 is 15.9 Å². The number of aromatic nitrogens is 3. The highest BCUT2D eigenvalue weighted by molar-refractivity contribution is 5.77. The van der Waals surface area contributed by atoms with Gasteiger partial charge in [0.15, 0.2) is 0 Å². The van der Waals surface area contributed by atoms with Crippen LogP contribution in [-0.2, 0) is 29.7 Å². The summed E-state index contributed by atoms with van der Waals surface area (Å²) in [7, 11) is 1.75. The van der Waals surface area contributed by atoms with E-state index in [-0.39, 0.29) is 30.2 Å². The van der Waals surface area contributed by atoms with E-state index in [4.69, 9.17) is 4.74 Å². The molecule has 1 aromatic carbocycles. The van der Waals surface area contributed by atoms with E-state index < -0.39 is 0 Å². The lowest BCUT2D eigenvalue weighted by Gasteiger charge is -2.36. The highest BCUT2D eigenvalue weighted by Crippen LogP contribution is 2.18. The first-order valence-corrected chi connectivity index (χ1v) is 10.7. The first-order valence-electron chi connectivity index (χ1n) is 10.7. The van der Waals surface area contributed by atoms with Gasteiger partial charge in [-0.15, -0.1) is 0 Å². The number of pyridine rings is 1. The average Bonchev–Trinajstić information content (AvgIpc) is 3.00. The number of carbonyl (C=O) groups excluding carboxylic acids is 1. The fraction of sp³-hybridized carbons (Fsp3) is 0.435. The maximum atomic E-state index is 12.5. The summed E-state index contributed by atoms with van der Waals surface area (Å²) in [5, 5.41) is 2.92. The predicted octanol–water partition coefficient (Wildman–Crippen LogP) is 2.06. The molecule has 2 unspecified atom stereocenters. The van der Waals surface area contributed by atoms with E-state index in [1.807, 2.05) is 36.4 Å². The Morgan fingerprint density at radius 3 is 2.52 bits per heavy atom. The third kappa shape index (κ3) is 4.64. The Balaban J connectivity index is 1.31. The lowest BCUT2D eigenvalue weighted by Crippen LogP contribution is -2.45. The molecular weight excluding hydrogens is 394 g/mol. The number of morpholine rings is 1. The Labute approximate surface area is 181 Å². The third-order valence-corrected chi connectivity index (χ3v) is 5.66. The van der Waals surface area contributed by atoms with Crippen molar-refractivity contribution in [3.8, 4) is 0 Å². The minimum Gasteiger partial charge on any atom is -0.372 e. The van der Waals surface area contributed by atoms with Gasteiger partial charge in [-0.25, -0.2) is 9.78 Å². The van der Waals surface area contributed by atoms with Gasteiger partial charge in [0.05, 0.1) is 23.2 Å². The minimum atomic E-state index is -0.111. The molecule has 4 rings (SSSR count). The summed E-state index contributed by atoms with van der Waals surface area (Å²) < 4.78 is 9.03. The highest BCUT2D eigenvalue weighted by atomic mass is 16.5. The molecule has 0 saturated carbocycles. The van der Waals surface area contributed by atoms with Gasteiger partial charge >= 0.3 is 5.69 Å². The number of carbonyl (C=O) groups is 1. The van der Waals surface area contributed by atoms with Crippen molar-refractivity contribution in [3.05, 3.63) is 58.6 Å². The van der Waals surface area contributed by atoms with Gasteiger partial charge in [0.1, 0.15) is 5.82 Å². The van der Waals surface area contributed by atoms with E-state index in [1.54, 1.807) is 22.4 Å². The average molecular weight is 424 g/mol. The van der Waals surface area contributed by atoms with Crippen LogP contribution in [0.25, 0.3) is 11.0 Å². The van der Waals surface area contributed by atoms with Crippen LogP contribution in [0.2, 0.25) is 0 Å². The van der Waals surface area contributed by atoms with Crippen molar-refractivity contribution in [2.45, 2.75) is 45.6 Å². The maximum Gasteiger partial charge on any atom is 0.328 e. The largest absolute Gasteiger partial charge is 0.372 e. The molecule has 1 amide bonds. The Bertz CT molecular complexity index is 1110. The zero-order chi connectivity index (χ0) is 22.0. The number of rotatable bonds is 6. The second-order valence-electron chi connectivity index (χ2n) is 8.20. The molecule has 164 valence electrons. The van der Waals surface area contributed by atoms with Gasteiger partial charge in [0, 0.05) is 45.8 Å². The monoisotopic (exact) mass is 423 g/mol. The van der Waals surface area contributed by atoms with Crippen molar-refractivity contribution in [3.63, 3.8) is 0 Å². The van der Waals surface area contributed by atoms with Gasteiger partial charge in [-0.05, 0) is 37.6 Å². The van der Waals surface area contributed by atoms with Crippen molar-refractivity contribution in [2.75, 3.05) is 18.0 Å². The van der Waals surface area contributed by atoms with E-state index in [0.717, 1.165) is 35.5 Å². The summed E-state index contributed by atoms with van der Waals surface area (Å²) in [5.41, 5.74) is 2.53. The molecule has 0 aliphatic carbocycles. The number of amides is 1. The number of para-hydroxylation sites is 2. The van der Waals surface area contributed by atoms with Gasteiger partial charge in [0.25, 0.3) is 0 Å². The van der Waals surface area contributed by atoms with Crippen LogP contribution in [-0.4, -0.2) is 45.3 Å². The number of hydrogen-bond donors (Lipinski definition) is 1. The van der Waals surface area contributed by atoms with Crippen LogP contribution in [0.3, 0.4) is 0 Å². The zero-order valence-electron chi connectivity index (χ0n) is 18.2. The molecular formula is C23H29N5O3. The summed E-state index contributed by atoms with van der Waals surface area (Å²) >= 11 is 0. The van der Waals surface area contributed by atoms with Crippen molar-refractivity contribution in [1.82, 2.24) is 19.4 Å². The first-order chi connectivity index (χ1) is 14.9. The maximum absolute atomic E-state index is 12.5. The van der Waals surface area contributed by atoms with Crippen molar-refractivity contribution < 1.29 is 9.53 Å². The van der Waals surface area contributed by atoms with Crippen LogP contribution in [0.15, 0.2) is 47.4 Å². The first kappa shape index (κ1) is 21.1. The molecule has 1 aliphatic heterocycles. The van der Waals surface area contributed by atoms with E-state index in [1.165, 1.54) is 0 Å². The fourth-order valence-electron chi connectivity index (χ4n) is 4.15. The molecule has 0 spiro atoms. The molecule has 3 aromatic rings. The smallest absolute Gasteiger partial charge is 0.328 e. The number of imidazole rings is 1. The summed E-state index contributed by atoms with van der Waals surface area (Å²) in [6.07, 6.45) is 2.40. The van der Waals surface area contributed by atoms with Gasteiger partial charge < -0.3 is 15.0 Å². The second-order valence-corrected chi connectivity index (χ2v) is 8.20. The molecule has 2 atom stereocenters. The van der Waals surface area contributed by atoms with Gasteiger partial charge in [-0.2, -0.15) is 0 Å².